The van der Waals surface area contributed by atoms with Crippen molar-refractivity contribution >= 4 is 40.3 Å². The van der Waals surface area contributed by atoms with Crippen molar-refractivity contribution in [1.29, 1.82) is 0 Å². The first-order chi connectivity index (χ1) is 11.5. The third-order valence-corrected chi connectivity index (χ3v) is 13.6. The number of hydrogen-bond donors (Lipinski definition) is 2. The summed E-state index contributed by atoms with van der Waals surface area (Å²) in [5.41, 5.74) is 0.351. The van der Waals surface area contributed by atoms with Crippen LogP contribution in [0.2, 0.25) is 32.2 Å². The van der Waals surface area contributed by atoms with Crippen LogP contribution in [-0.2, 0) is 8.91 Å². The molecule has 0 radical (unpaired) electrons. The summed E-state index contributed by atoms with van der Waals surface area (Å²) in [4.78, 5) is 23.0. The maximum absolute atomic E-state index is 11.3. The number of amides is 1. The van der Waals surface area contributed by atoms with E-state index in [4.69, 9.17) is 4.12 Å². The van der Waals surface area contributed by atoms with Crippen LogP contribution in [0.3, 0.4) is 0 Å². The van der Waals surface area contributed by atoms with Crippen molar-refractivity contribution in [3.63, 3.8) is 0 Å². The molecule has 0 atom stereocenters. The lowest BCUT2D eigenvalue weighted by molar-refractivity contribution is -0.118. The van der Waals surface area contributed by atoms with Gasteiger partial charge in [0.25, 0.3) is 0 Å². The minimum atomic E-state index is -1.92. The van der Waals surface area contributed by atoms with Crippen LogP contribution >= 0.6 is 11.8 Å². The molecule has 8 heteroatoms. The summed E-state index contributed by atoms with van der Waals surface area (Å²) in [7, 11) is -3.72. The SMILES string of the molecule is CC(=O)NCCC[Si](C)(C)O[Si](C)(C)CSc1ccccc1C(=O)O. The van der Waals surface area contributed by atoms with E-state index in [1.165, 1.54) is 6.92 Å². The zero-order valence-electron chi connectivity index (χ0n) is 15.7. The molecule has 0 saturated heterocycles. The van der Waals surface area contributed by atoms with E-state index in [1.807, 2.05) is 12.1 Å². The lowest BCUT2D eigenvalue weighted by atomic mass is 10.2. The predicted molar refractivity (Wildman–Crippen MR) is 108 cm³/mol. The molecule has 0 aliphatic carbocycles. The topological polar surface area (TPSA) is 75.6 Å². The minimum Gasteiger partial charge on any atom is -0.478 e. The molecule has 2 N–H and O–H groups in total. The van der Waals surface area contributed by atoms with E-state index >= 15 is 0 Å². The summed E-state index contributed by atoms with van der Waals surface area (Å²) in [6, 6.07) is 8.11. The smallest absolute Gasteiger partial charge is 0.336 e. The highest BCUT2D eigenvalue weighted by Gasteiger charge is 2.33. The number of thioether (sulfide) groups is 1. The van der Waals surface area contributed by atoms with Crippen molar-refractivity contribution in [2.24, 2.45) is 0 Å². The number of aromatic carboxylic acids is 1. The number of carbonyl (C=O) groups excluding carboxylic acids is 1. The maximum atomic E-state index is 11.3. The fraction of sp³-hybridized carbons (Fsp3) is 0.529. The van der Waals surface area contributed by atoms with Crippen molar-refractivity contribution in [2.75, 3.05) is 11.9 Å². The summed E-state index contributed by atoms with van der Waals surface area (Å²) >= 11 is 1.58. The lowest BCUT2D eigenvalue weighted by Gasteiger charge is -2.34. The Morgan fingerprint density at radius 1 is 1.16 bits per heavy atom. The summed E-state index contributed by atoms with van der Waals surface area (Å²) in [5, 5.41) is 12.9. The first kappa shape index (κ1) is 21.9. The average Bonchev–Trinajstić information content (AvgIpc) is 2.48. The van der Waals surface area contributed by atoms with Gasteiger partial charge in [0.15, 0.2) is 16.6 Å². The van der Waals surface area contributed by atoms with Gasteiger partial charge in [0.1, 0.15) is 0 Å². The predicted octanol–water partition coefficient (Wildman–Crippen LogP) is 3.97. The molecule has 25 heavy (non-hydrogen) atoms. The summed E-state index contributed by atoms with van der Waals surface area (Å²) < 4.78 is 6.55. The molecule has 0 spiro atoms. The molecule has 0 aliphatic heterocycles. The highest BCUT2D eigenvalue weighted by molar-refractivity contribution is 8.01. The number of nitrogens with one attached hydrogen (secondary N) is 1. The monoisotopic (exact) mass is 399 g/mol. The minimum absolute atomic E-state index is 0.00333. The highest BCUT2D eigenvalue weighted by Crippen LogP contribution is 2.28. The van der Waals surface area contributed by atoms with E-state index in [1.54, 1.807) is 23.9 Å². The molecule has 0 aromatic heterocycles. The molecule has 0 aliphatic rings. The van der Waals surface area contributed by atoms with Gasteiger partial charge in [-0.1, -0.05) is 12.1 Å². The molecule has 1 aromatic carbocycles. The first-order valence-electron chi connectivity index (χ1n) is 8.42. The molecule has 0 heterocycles. The standard InChI is InChI=1S/C17H29NO4SSi2/c1-14(19)18-11-8-12-24(2,3)22-25(4,5)13-23-16-10-7-6-9-15(16)17(20)21/h6-7,9-10H,8,11-13H2,1-5H3,(H,18,19)(H,20,21). The number of benzene rings is 1. The van der Waals surface area contributed by atoms with Gasteiger partial charge in [-0.15, -0.1) is 11.8 Å². The molecule has 1 aromatic rings. The van der Waals surface area contributed by atoms with Crippen LogP contribution in [0.25, 0.3) is 0 Å². The van der Waals surface area contributed by atoms with Gasteiger partial charge in [0.05, 0.1) is 5.56 Å². The molecule has 140 valence electrons. The summed E-state index contributed by atoms with van der Waals surface area (Å²) in [5.74, 6) is -0.889. The van der Waals surface area contributed by atoms with Gasteiger partial charge >= 0.3 is 5.97 Å². The van der Waals surface area contributed by atoms with Gasteiger partial charge < -0.3 is 14.5 Å². The van der Waals surface area contributed by atoms with Gasteiger partial charge in [-0.2, -0.15) is 0 Å². The van der Waals surface area contributed by atoms with Crippen molar-refractivity contribution in [3.05, 3.63) is 29.8 Å². The van der Waals surface area contributed by atoms with E-state index in [9.17, 15) is 14.7 Å². The van der Waals surface area contributed by atoms with E-state index in [-0.39, 0.29) is 5.91 Å². The second kappa shape index (κ2) is 9.56. The fourth-order valence-corrected chi connectivity index (χ4v) is 13.3. The molecule has 1 amide bonds. The number of carboxylic acid groups (broad SMARTS) is 1. The Kier molecular flexibility index (Phi) is 8.39. The van der Waals surface area contributed by atoms with E-state index in [0.717, 1.165) is 22.7 Å². The Bertz CT molecular complexity index is 608. The molecular formula is C17H29NO4SSi2. The second-order valence-electron chi connectivity index (χ2n) is 7.30. The Balaban J connectivity index is 2.57. The van der Waals surface area contributed by atoms with Crippen LogP contribution in [0.1, 0.15) is 23.7 Å². The number of rotatable bonds is 10. The van der Waals surface area contributed by atoms with E-state index in [0.29, 0.717) is 12.1 Å². The van der Waals surface area contributed by atoms with Crippen molar-refractivity contribution in [3.8, 4) is 0 Å². The fourth-order valence-electron chi connectivity index (χ4n) is 2.63. The van der Waals surface area contributed by atoms with Crippen molar-refractivity contribution in [1.82, 2.24) is 5.32 Å². The second-order valence-corrected chi connectivity index (χ2v) is 17.5. The quantitative estimate of drug-likeness (QED) is 0.354. The largest absolute Gasteiger partial charge is 0.478 e. The summed E-state index contributed by atoms with van der Waals surface area (Å²) in [6.45, 7) is 11.0. The van der Waals surface area contributed by atoms with Gasteiger partial charge in [-0.25, -0.2) is 4.79 Å². The van der Waals surface area contributed by atoms with Crippen LogP contribution in [0.15, 0.2) is 29.2 Å². The number of hydrogen-bond acceptors (Lipinski definition) is 4. The zero-order chi connectivity index (χ0) is 19.1. The van der Waals surface area contributed by atoms with Gasteiger partial charge in [0, 0.05) is 23.7 Å². The Morgan fingerprint density at radius 3 is 2.40 bits per heavy atom. The lowest BCUT2D eigenvalue weighted by Crippen LogP contribution is -2.46. The Hall–Kier alpha value is -1.10. The van der Waals surface area contributed by atoms with Crippen molar-refractivity contribution in [2.45, 2.75) is 50.5 Å². The average molecular weight is 400 g/mol. The molecule has 1 rings (SSSR count). The molecule has 0 saturated carbocycles. The van der Waals surface area contributed by atoms with Crippen LogP contribution in [0, 0.1) is 0 Å². The van der Waals surface area contributed by atoms with Gasteiger partial charge in [-0.05, 0) is 50.8 Å². The van der Waals surface area contributed by atoms with Crippen molar-refractivity contribution < 1.29 is 18.8 Å². The van der Waals surface area contributed by atoms with Gasteiger partial charge in [0.2, 0.25) is 5.91 Å². The third-order valence-electron chi connectivity index (χ3n) is 3.57. The normalized spacial score (nSPS) is 12.0. The van der Waals surface area contributed by atoms with Crippen LogP contribution < -0.4 is 5.32 Å². The first-order valence-corrected chi connectivity index (χ1v) is 15.6. The molecule has 0 unspecified atom stereocenters. The van der Waals surface area contributed by atoms with E-state index < -0.39 is 22.6 Å². The Morgan fingerprint density at radius 2 is 1.80 bits per heavy atom. The highest BCUT2D eigenvalue weighted by atomic mass is 32.2. The number of carbonyl (C=O) groups is 2. The van der Waals surface area contributed by atoms with Gasteiger partial charge in [-0.3, -0.25) is 4.79 Å². The molecule has 0 fully saturated rings. The third kappa shape index (κ3) is 8.71. The van der Waals surface area contributed by atoms with Crippen LogP contribution in [-0.4, -0.2) is 45.5 Å². The van der Waals surface area contributed by atoms with E-state index in [2.05, 4.69) is 31.5 Å². The molecule has 5 nitrogen and oxygen atoms in total. The van der Waals surface area contributed by atoms with Crippen LogP contribution in [0.5, 0.6) is 0 Å². The zero-order valence-corrected chi connectivity index (χ0v) is 18.5. The maximum Gasteiger partial charge on any atom is 0.336 e. The molecular weight excluding hydrogens is 370 g/mol. The molecule has 0 bridgehead atoms. The Labute approximate surface area is 156 Å². The summed E-state index contributed by atoms with van der Waals surface area (Å²) in [6.07, 6.45) is 0.929. The number of carboxylic acids is 1. The van der Waals surface area contributed by atoms with Crippen LogP contribution in [0.4, 0.5) is 0 Å².